The molecule has 0 aromatic rings. The zero-order chi connectivity index (χ0) is 91.1. The van der Waals surface area contributed by atoms with Crippen molar-refractivity contribution in [3.05, 3.63) is 0 Å². The van der Waals surface area contributed by atoms with Gasteiger partial charge in [-0.3, -0.25) is 0 Å². The molecule has 0 saturated heterocycles. The standard InChI is InChI=1S/C14H30O6.C12H26O5.C10H22O4.C8H18O3.C8H18O2.C8H18.C6H14O2.C6H14O.C6H14.C5H12.C4H10O.C4H10.C3H8/c1-3-15-5-7-17-9-11-19-13-14-20-12-10-18-8-6-16-4-2;1-3-13-5-7-15-9-11-17-12-10-16-8-6-14-4-2;1-3-11-5-7-13-9-10-14-8-6-12-4-2;1-3-9-5-7-11-8-6-10-4-2;1-3-5-9-7-8-10-6-4-2;1-3-5-7-8-6-4-2;1-3-7-5-6-8-4-2;1-3-5-7-6-4-2;1-3-5-6-4-2;2*1-3-5-4-2;1-3-4-2;1-3-2/h3-14H2,1-2H3;3-12H2,1-2H3;3-10H2,1-2H3;3-8H2,1-2H3;3-8H2,1-2H3;3-8H2,1-2H3;3-6H2,1-2H3;3-6H2,1-2H3;3-6H2,1-2H3;3-5H2,1-2H3;3-4H2,1-2H3;3-4H2,1-2H3;3H2,1-2H3. The lowest BCUT2D eigenvalue weighted by atomic mass is 10.1. The Kier molecular flexibility index (Phi) is 229. The molecule has 24 heteroatoms. The summed E-state index contributed by atoms with van der Waals surface area (Å²) in [6.45, 7) is 87.4. The summed E-state index contributed by atoms with van der Waals surface area (Å²) in [4.78, 5) is 0. The fraction of sp³-hybridized carbons (Fsp3) is 1.00. The van der Waals surface area contributed by atoms with Gasteiger partial charge in [0.2, 0.25) is 0 Å². The minimum atomic E-state index is 0.577. The van der Waals surface area contributed by atoms with Crippen LogP contribution in [0.1, 0.15) is 308 Å². The van der Waals surface area contributed by atoms with Gasteiger partial charge in [0.15, 0.2) is 0 Å². The van der Waals surface area contributed by atoms with Gasteiger partial charge in [0.1, 0.15) is 0 Å². The Morgan fingerprint density at radius 2 is 0.186 bits per heavy atom. The summed E-state index contributed by atoms with van der Waals surface area (Å²) in [7, 11) is 0. The lowest BCUT2D eigenvalue weighted by Crippen LogP contribution is -2.14. The Bertz CT molecular complexity index is 1180. The minimum Gasteiger partial charge on any atom is -0.382 e. The molecule has 0 aliphatic rings. The van der Waals surface area contributed by atoms with Crippen molar-refractivity contribution in [2.75, 3.05) is 317 Å². The molecule has 118 heavy (non-hydrogen) atoms. The van der Waals surface area contributed by atoms with Crippen LogP contribution in [0.15, 0.2) is 0 Å². The van der Waals surface area contributed by atoms with Gasteiger partial charge in [0, 0.05) is 106 Å². The van der Waals surface area contributed by atoms with Crippen LogP contribution in [-0.4, -0.2) is 317 Å². The average molecular weight is 1730 g/mol. The molecule has 0 radical (unpaired) electrons. The first-order chi connectivity index (χ1) is 57.9. The first-order valence-electron chi connectivity index (χ1n) is 47.7. The summed E-state index contributed by atoms with van der Waals surface area (Å²) in [5, 5.41) is 0. The van der Waals surface area contributed by atoms with E-state index in [1.807, 2.05) is 83.1 Å². The lowest BCUT2D eigenvalue weighted by molar-refractivity contribution is -0.0156. The molecular weight excluding hydrogens is 1510 g/mol. The second-order valence-corrected chi connectivity index (χ2v) is 24.9. The first kappa shape index (κ1) is 146. The van der Waals surface area contributed by atoms with Crippen molar-refractivity contribution in [1.29, 1.82) is 0 Å². The van der Waals surface area contributed by atoms with Gasteiger partial charge in [-0.1, -0.05) is 200 Å². The van der Waals surface area contributed by atoms with Crippen LogP contribution < -0.4 is 0 Å². The molecule has 0 heterocycles. The number of unbranched alkanes of at least 4 members (excludes halogenated alkanes) is 11. The molecule has 0 aliphatic carbocycles. The van der Waals surface area contributed by atoms with Gasteiger partial charge in [-0.25, -0.2) is 0 Å². The molecule has 0 aliphatic heterocycles. The molecule has 0 N–H and O–H groups in total. The van der Waals surface area contributed by atoms with E-state index in [2.05, 4.69) is 96.9 Å². The van der Waals surface area contributed by atoms with Gasteiger partial charge >= 0.3 is 0 Å². The highest BCUT2D eigenvalue weighted by Crippen LogP contribution is 2.03. The van der Waals surface area contributed by atoms with Gasteiger partial charge in [0.05, 0.1) is 211 Å². The number of hydrogen-bond acceptors (Lipinski definition) is 24. The van der Waals surface area contributed by atoms with Crippen LogP contribution in [0.25, 0.3) is 0 Å². The summed E-state index contributed by atoms with van der Waals surface area (Å²) in [5.41, 5.74) is 0. The van der Waals surface area contributed by atoms with Crippen LogP contribution >= 0.6 is 0 Å². The number of ether oxygens (including phenoxy) is 24. The molecule has 0 saturated carbocycles. The highest BCUT2D eigenvalue weighted by molar-refractivity contribution is 4.42. The number of rotatable bonds is 79. The third-order valence-electron chi connectivity index (χ3n) is 13.4. The fourth-order valence-electron chi connectivity index (χ4n) is 7.14. The predicted molar refractivity (Wildman–Crippen MR) is 500 cm³/mol. The number of hydrogen-bond donors (Lipinski definition) is 0. The van der Waals surface area contributed by atoms with Crippen molar-refractivity contribution in [1.82, 2.24) is 0 Å². The van der Waals surface area contributed by atoms with Crippen molar-refractivity contribution in [2.24, 2.45) is 0 Å². The fourth-order valence-corrected chi connectivity index (χ4v) is 7.14. The Morgan fingerprint density at radius 1 is 0.0847 bits per heavy atom. The third kappa shape index (κ3) is 246. The van der Waals surface area contributed by atoms with E-state index in [4.69, 9.17) is 114 Å². The van der Waals surface area contributed by atoms with E-state index in [0.29, 0.717) is 185 Å². The summed E-state index contributed by atoms with van der Waals surface area (Å²) in [5.74, 6) is 0. The maximum Gasteiger partial charge on any atom is 0.0701 e. The molecule has 0 spiro atoms. The monoisotopic (exact) mass is 1730 g/mol. The molecule has 0 aromatic heterocycles. The molecule has 0 unspecified atom stereocenters. The van der Waals surface area contributed by atoms with Gasteiger partial charge in [-0.05, 0) is 109 Å². The smallest absolute Gasteiger partial charge is 0.0701 e. The van der Waals surface area contributed by atoms with E-state index in [1.165, 1.54) is 103 Å². The highest BCUT2D eigenvalue weighted by Gasteiger charge is 1.97. The molecule has 0 amide bonds. The average Bonchev–Trinajstić information content (AvgIpc) is 3.22. The summed E-state index contributed by atoms with van der Waals surface area (Å²) < 4.78 is 124. The highest BCUT2D eigenvalue weighted by atomic mass is 16.6. The second-order valence-electron chi connectivity index (χ2n) is 24.9. The van der Waals surface area contributed by atoms with Crippen molar-refractivity contribution < 1.29 is 114 Å². The van der Waals surface area contributed by atoms with Crippen LogP contribution in [0.5, 0.6) is 0 Å². The lowest BCUT2D eigenvalue weighted by Gasteiger charge is -2.07. The zero-order valence-electron chi connectivity index (χ0n) is 83.9. The Labute approximate surface area is 735 Å². The molecule has 24 nitrogen and oxygen atoms in total. The topological polar surface area (TPSA) is 222 Å². The van der Waals surface area contributed by atoms with Crippen LogP contribution in [0.2, 0.25) is 0 Å². The van der Waals surface area contributed by atoms with Crippen LogP contribution in [0, 0.1) is 0 Å². The molecule has 734 valence electrons. The van der Waals surface area contributed by atoms with Gasteiger partial charge in [-0.15, -0.1) is 0 Å². The van der Waals surface area contributed by atoms with Crippen LogP contribution in [0.3, 0.4) is 0 Å². The van der Waals surface area contributed by atoms with Crippen LogP contribution in [-0.2, 0) is 114 Å². The molecule has 0 rings (SSSR count). The SMILES string of the molecule is CCC.CCCC.CCCCC.CCCCCC.CCCCCCCC.CCCOCCC.CCCOCCOCCC.CCOCC.CCOCCOCC.CCOCCOCCOCC.CCOCCOCCOCCOCC.CCOCCOCCOCCOCCOCC.CCOCCOCCOCCOCCOCCOCC. The largest absolute Gasteiger partial charge is 0.382 e. The minimum absolute atomic E-state index is 0.577. The quantitative estimate of drug-likeness (QED) is 0.0516. The molecule has 0 aromatic carbocycles. The molecular formula is C94H214O24. The normalized spacial score (nSPS) is 10.0. The Balaban J connectivity index is -0.0000000949. The summed E-state index contributed by atoms with van der Waals surface area (Å²) in [6, 6.07) is 0. The molecule has 0 bridgehead atoms. The van der Waals surface area contributed by atoms with E-state index in [0.717, 1.165) is 158 Å². The van der Waals surface area contributed by atoms with Crippen LogP contribution in [0.4, 0.5) is 0 Å². The molecule has 0 atom stereocenters. The second kappa shape index (κ2) is 185. The van der Waals surface area contributed by atoms with Gasteiger partial charge in [-0.2, -0.15) is 0 Å². The molecule has 0 fully saturated rings. The predicted octanol–water partition coefficient (Wildman–Crippen LogP) is 21.5. The maximum atomic E-state index is 5.35. The third-order valence-corrected chi connectivity index (χ3v) is 13.4. The maximum absolute atomic E-state index is 5.35. The van der Waals surface area contributed by atoms with E-state index in [-0.39, 0.29) is 0 Å². The van der Waals surface area contributed by atoms with Gasteiger partial charge in [0.25, 0.3) is 0 Å². The van der Waals surface area contributed by atoms with Gasteiger partial charge < -0.3 is 114 Å². The van der Waals surface area contributed by atoms with Crippen molar-refractivity contribution in [3.63, 3.8) is 0 Å². The van der Waals surface area contributed by atoms with E-state index in [1.54, 1.807) is 0 Å². The Hall–Kier alpha value is -0.960. The van der Waals surface area contributed by atoms with Crippen molar-refractivity contribution in [3.8, 4) is 0 Å². The van der Waals surface area contributed by atoms with Crippen molar-refractivity contribution in [2.45, 2.75) is 308 Å². The van der Waals surface area contributed by atoms with Crippen molar-refractivity contribution >= 4 is 0 Å². The van der Waals surface area contributed by atoms with E-state index in [9.17, 15) is 0 Å². The zero-order valence-corrected chi connectivity index (χ0v) is 83.9. The Morgan fingerprint density at radius 3 is 0.271 bits per heavy atom. The van der Waals surface area contributed by atoms with E-state index >= 15 is 0 Å². The first-order valence-corrected chi connectivity index (χ1v) is 47.7. The summed E-state index contributed by atoms with van der Waals surface area (Å²) in [6.07, 6.45) is 26.4. The van der Waals surface area contributed by atoms with E-state index < -0.39 is 0 Å². The summed E-state index contributed by atoms with van der Waals surface area (Å²) >= 11 is 0.